The quantitative estimate of drug-likeness (QED) is 0.642. The van der Waals surface area contributed by atoms with Crippen LogP contribution in [0, 0.1) is 6.92 Å². The van der Waals surface area contributed by atoms with Gasteiger partial charge in [0.2, 0.25) is 0 Å². The number of nitrogens with zero attached hydrogens (tertiary/aromatic N) is 2. The minimum absolute atomic E-state index is 0.145. The van der Waals surface area contributed by atoms with Crippen molar-refractivity contribution in [3.8, 4) is 0 Å². The molecule has 1 aromatic rings. The second-order valence-corrected chi connectivity index (χ2v) is 5.70. The number of hydrogen-bond acceptors (Lipinski definition) is 2. The number of aromatic nitrogens is 2. The van der Waals surface area contributed by atoms with E-state index in [0.29, 0.717) is 0 Å². The molecule has 0 saturated heterocycles. The van der Waals surface area contributed by atoms with E-state index in [-0.39, 0.29) is 6.04 Å². The maximum atomic E-state index is 6.23. The van der Waals surface area contributed by atoms with Crippen molar-refractivity contribution >= 4 is 0 Å². The molecular formula is C16H31N3. The third kappa shape index (κ3) is 6.24. The topological polar surface area (TPSA) is 43.8 Å². The summed E-state index contributed by atoms with van der Waals surface area (Å²) in [6.07, 6.45) is 11.9. The number of unbranched alkanes of at least 4 members (excludes halogenated alkanes) is 7. The van der Waals surface area contributed by atoms with Gasteiger partial charge >= 0.3 is 0 Å². The Bertz CT molecular complexity index is 344. The highest BCUT2D eigenvalue weighted by Gasteiger charge is 2.10. The van der Waals surface area contributed by atoms with Crippen LogP contribution in [0.5, 0.6) is 0 Å². The molecule has 1 atom stereocenters. The minimum atomic E-state index is 0.145. The van der Waals surface area contributed by atoms with Crippen LogP contribution in [-0.2, 0) is 7.05 Å². The third-order valence-electron chi connectivity index (χ3n) is 3.79. The Morgan fingerprint density at radius 1 is 1.11 bits per heavy atom. The lowest BCUT2D eigenvalue weighted by Crippen LogP contribution is -2.14. The molecule has 0 aliphatic carbocycles. The molecule has 0 bridgehead atoms. The number of rotatable bonds is 10. The summed E-state index contributed by atoms with van der Waals surface area (Å²) in [7, 11) is 1.98. The molecule has 0 amide bonds. The van der Waals surface area contributed by atoms with E-state index in [0.717, 1.165) is 12.1 Å². The van der Waals surface area contributed by atoms with E-state index in [1.54, 1.807) is 0 Å². The minimum Gasteiger partial charge on any atom is -0.323 e. The maximum absolute atomic E-state index is 6.23. The highest BCUT2D eigenvalue weighted by atomic mass is 15.3. The van der Waals surface area contributed by atoms with E-state index in [1.165, 1.54) is 57.1 Å². The Morgan fingerprint density at radius 2 is 1.68 bits per heavy atom. The van der Waals surface area contributed by atoms with Gasteiger partial charge in [-0.2, -0.15) is 5.10 Å². The van der Waals surface area contributed by atoms with Gasteiger partial charge < -0.3 is 5.73 Å². The lowest BCUT2D eigenvalue weighted by atomic mass is 10.0. The predicted molar refractivity (Wildman–Crippen MR) is 82.1 cm³/mol. The zero-order chi connectivity index (χ0) is 14.1. The molecule has 1 unspecified atom stereocenters. The van der Waals surface area contributed by atoms with Gasteiger partial charge in [0.05, 0.1) is 11.4 Å². The van der Waals surface area contributed by atoms with Crippen molar-refractivity contribution in [1.29, 1.82) is 0 Å². The Hall–Kier alpha value is -0.830. The van der Waals surface area contributed by atoms with Crippen LogP contribution in [0.1, 0.15) is 82.1 Å². The Kier molecular flexibility index (Phi) is 7.80. The van der Waals surface area contributed by atoms with Crippen LogP contribution < -0.4 is 5.73 Å². The molecule has 0 fully saturated rings. The molecule has 1 heterocycles. The average molecular weight is 265 g/mol. The van der Waals surface area contributed by atoms with Gasteiger partial charge in [-0.25, -0.2) is 0 Å². The Labute approximate surface area is 118 Å². The second-order valence-electron chi connectivity index (χ2n) is 5.70. The molecule has 19 heavy (non-hydrogen) atoms. The van der Waals surface area contributed by atoms with E-state index < -0.39 is 0 Å². The fourth-order valence-corrected chi connectivity index (χ4v) is 2.62. The first-order chi connectivity index (χ1) is 9.15. The molecule has 3 heteroatoms. The average Bonchev–Trinajstić information content (AvgIpc) is 2.71. The van der Waals surface area contributed by atoms with Gasteiger partial charge in [0.15, 0.2) is 0 Å². The maximum Gasteiger partial charge on any atom is 0.0597 e. The van der Waals surface area contributed by atoms with E-state index >= 15 is 0 Å². The van der Waals surface area contributed by atoms with Gasteiger partial charge in [-0.1, -0.05) is 58.3 Å². The van der Waals surface area contributed by atoms with Crippen molar-refractivity contribution in [3.63, 3.8) is 0 Å². The molecule has 3 nitrogen and oxygen atoms in total. The fourth-order valence-electron chi connectivity index (χ4n) is 2.62. The van der Waals surface area contributed by atoms with E-state index in [9.17, 15) is 0 Å². The fraction of sp³-hybridized carbons (Fsp3) is 0.812. The zero-order valence-electron chi connectivity index (χ0n) is 13.0. The monoisotopic (exact) mass is 265 g/mol. The largest absolute Gasteiger partial charge is 0.323 e. The molecular weight excluding hydrogens is 234 g/mol. The lowest BCUT2D eigenvalue weighted by molar-refractivity contribution is 0.517. The first kappa shape index (κ1) is 16.2. The van der Waals surface area contributed by atoms with Crippen molar-refractivity contribution in [2.45, 2.75) is 77.7 Å². The lowest BCUT2D eigenvalue weighted by Gasteiger charge is -2.11. The van der Waals surface area contributed by atoms with Gasteiger partial charge in [0, 0.05) is 13.1 Å². The van der Waals surface area contributed by atoms with Crippen LogP contribution in [-0.4, -0.2) is 9.78 Å². The molecule has 0 aliphatic heterocycles. The van der Waals surface area contributed by atoms with Crippen molar-refractivity contribution in [2.24, 2.45) is 12.8 Å². The third-order valence-corrected chi connectivity index (χ3v) is 3.79. The van der Waals surface area contributed by atoms with E-state index in [2.05, 4.69) is 18.1 Å². The number of hydrogen-bond donors (Lipinski definition) is 1. The van der Waals surface area contributed by atoms with Crippen LogP contribution in [0.2, 0.25) is 0 Å². The van der Waals surface area contributed by atoms with Crippen LogP contribution in [0.25, 0.3) is 0 Å². The van der Waals surface area contributed by atoms with E-state index in [1.807, 2.05) is 18.7 Å². The van der Waals surface area contributed by atoms with Gasteiger partial charge in [-0.15, -0.1) is 0 Å². The normalized spacial score (nSPS) is 12.8. The molecule has 110 valence electrons. The van der Waals surface area contributed by atoms with Crippen LogP contribution in [0.15, 0.2) is 6.07 Å². The Balaban J connectivity index is 2.08. The van der Waals surface area contributed by atoms with Crippen molar-refractivity contribution in [1.82, 2.24) is 9.78 Å². The van der Waals surface area contributed by atoms with Gasteiger partial charge in [0.25, 0.3) is 0 Å². The van der Waals surface area contributed by atoms with Gasteiger partial charge in [-0.05, 0) is 19.4 Å². The summed E-state index contributed by atoms with van der Waals surface area (Å²) in [4.78, 5) is 0. The summed E-state index contributed by atoms with van der Waals surface area (Å²) in [6.45, 7) is 4.29. The van der Waals surface area contributed by atoms with E-state index in [4.69, 9.17) is 5.73 Å². The molecule has 0 radical (unpaired) electrons. The predicted octanol–water partition coefficient (Wildman–Crippen LogP) is 4.26. The van der Waals surface area contributed by atoms with Crippen LogP contribution >= 0.6 is 0 Å². The number of aryl methyl sites for hydroxylation is 2. The SMILES string of the molecule is CCCCCCCCCCC(N)c1cc(C)nn1C. The van der Waals surface area contributed by atoms with Crippen molar-refractivity contribution in [2.75, 3.05) is 0 Å². The molecule has 2 N–H and O–H groups in total. The summed E-state index contributed by atoms with van der Waals surface area (Å²) in [5.74, 6) is 0. The molecule has 0 spiro atoms. The highest BCUT2D eigenvalue weighted by molar-refractivity contribution is 5.12. The van der Waals surface area contributed by atoms with Crippen molar-refractivity contribution < 1.29 is 0 Å². The standard InChI is InChI=1S/C16H31N3/c1-4-5-6-7-8-9-10-11-12-15(17)16-13-14(2)18-19(16)3/h13,15H,4-12,17H2,1-3H3. The Morgan fingerprint density at radius 3 is 2.21 bits per heavy atom. The van der Waals surface area contributed by atoms with Crippen molar-refractivity contribution in [3.05, 3.63) is 17.5 Å². The summed E-state index contributed by atoms with van der Waals surface area (Å²) < 4.78 is 1.92. The molecule has 0 aromatic carbocycles. The highest BCUT2D eigenvalue weighted by Crippen LogP contribution is 2.18. The number of nitrogens with two attached hydrogens (primary N) is 1. The zero-order valence-corrected chi connectivity index (χ0v) is 13.0. The van der Waals surface area contributed by atoms with Gasteiger partial charge in [0.1, 0.15) is 0 Å². The molecule has 0 aliphatic rings. The van der Waals surface area contributed by atoms with Crippen LogP contribution in [0.3, 0.4) is 0 Å². The first-order valence-corrected chi connectivity index (χ1v) is 7.91. The molecule has 1 aromatic heterocycles. The summed E-state index contributed by atoms with van der Waals surface area (Å²) in [6, 6.07) is 2.25. The first-order valence-electron chi connectivity index (χ1n) is 7.91. The smallest absolute Gasteiger partial charge is 0.0597 e. The van der Waals surface area contributed by atoms with Gasteiger partial charge in [-0.3, -0.25) is 4.68 Å². The van der Waals surface area contributed by atoms with Crippen LogP contribution in [0.4, 0.5) is 0 Å². The summed E-state index contributed by atoms with van der Waals surface area (Å²) in [5.41, 5.74) is 8.46. The molecule has 0 saturated carbocycles. The summed E-state index contributed by atoms with van der Waals surface area (Å²) >= 11 is 0. The summed E-state index contributed by atoms with van der Waals surface area (Å²) in [5, 5.41) is 4.36. The molecule has 1 rings (SSSR count). The second kappa shape index (κ2) is 9.13.